The van der Waals surface area contributed by atoms with Gasteiger partial charge in [-0.05, 0) is 30.3 Å². The van der Waals surface area contributed by atoms with Gasteiger partial charge in [-0.1, -0.05) is 35.3 Å². The van der Waals surface area contributed by atoms with E-state index in [1.165, 1.54) is 17.0 Å². The molecule has 140 valence electrons. The second kappa shape index (κ2) is 8.28. The molecule has 2 aromatic carbocycles. The summed E-state index contributed by atoms with van der Waals surface area (Å²) < 4.78 is 10.2. The average Bonchev–Trinajstić information content (AvgIpc) is 2.64. The summed E-state index contributed by atoms with van der Waals surface area (Å²) in [4.78, 5) is 37.2. The third-order valence-electron chi connectivity index (χ3n) is 3.67. The topological polar surface area (TPSA) is 84.9 Å². The number of halogens is 2. The second-order valence-electron chi connectivity index (χ2n) is 5.57. The molecule has 27 heavy (non-hydrogen) atoms. The Labute approximate surface area is 164 Å². The first kappa shape index (κ1) is 19.0. The molecule has 0 bridgehead atoms. The van der Waals surface area contributed by atoms with E-state index < -0.39 is 25.1 Å². The van der Waals surface area contributed by atoms with Gasteiger partial charge in [0.1, 0.15) is 12.3 Å². The third kappa shape index (κ3) is 4.69. The molecule has 2 aromatic rings. The van der Waals surface area contributed by atoms with Crippen molar-refractivity contribution in [2.45, 2.75) is 0 Å². The number of ether oxygens (including phenoxy) is 2. The summed E-state index contributed by atoms with van der Waals surface area (Å²) in [5.41, 5.74) is 1.07. The number of fused-ring (bicyclic) bond motifs is 1. The van der Waals surface area contributed by atoms with Crippen LogP contribution >= 0.6 is 23.2 Å². The summed E-state index contributed by atoms with van der Waals surface area (Å²) in [6, 6.07) is 11.4. The molecule has 0 saturated carbocycles. The van der Waals surface area contributed by atoms with Crippen LogP contribution in [0.2, 0.25) is 10.0 Å². The fraction of sp³-hybridized carbons (Fsp3) is 0.167. The first-order chi connectivity index (χ1) is 12.9. The summed E-state index contributed by atoms with van der Waals surface area (Å²) in [7, 11) is 0. The van der Waals surface area contributed by atoms with Crippen molar-refractivity contribution < 1.29 is 23.9 Å². The fourth-order valence-electron chi connectivity index (χ4n) is 2.45. The van der Waals surface area contributed by atoms with Crippen LogP contribution in [0.15, 0.2) is 42.5 Å². The quantitative estimate of drug-likeness (QED) is 0.768. The number of para-hydroxylation sites is 2. The Balaban J connectivity index is 1.54. The van der Waals surface area contributed by atoms with E-state index in [2.05, 4.69) is 5.32 Å². The Bertz CT molecular complexity index is 903. The van der Waals surface area contributed by atoms with Crippen molar-refractivity contribution >= 4 is 52.4 Å². The second-order valence-corrected chi connectivity index (χ2v) is 6.41. The number of benzene rings is 2. The van der Waals surface area contributed by atoms with Gasteiger partial charge in [0, 0.05) is 5.02 Å². The van der Waals surface area contributed by atoms with Gasteiger partial charge in [0.05, 0.1) is 16.4 Å². The van der Waals surface area contributed by atoms with Crippen LogP contribution in [-0.2, 0) is 19.1 Å². The molecule has 1 aliphatic rings. The molecule has 0 fully saturated rings. The van der Waals surface area contributed by atoms with E-state index in [1.807, 2.05) is 0 Å². The summed E-state index contributed by atoms with van der Waals surface area (Å²) in [5, 5.41) is 3.36. The predicted octanol–water partition coefficient (Wildman–Crippen LogP) is 2.90. The molecule has 2 amide bonds. The van der Waals surface area contributed by atoms with E-state index in [4.69, 9.17) is 32.7 Å². The van der Waals surface area contributed by atoms with E-state index in [0.717, 1.165) is 0 Å². The lowest BCUT2D eigenvalue weighted by molar-refractivity contribution is -0.149. The van der Waals surface area contributed by atoms with Crippen molar-refractivity contribution in [2.24, 2.45) is 0 Å². The lowest BCUT2D eigenvalue weighted by Gasteiger charge is -2.28. The highest BCUT2D eigenvalue weighted by atomic mass is 35.5. The summed E-state index contributed by atoms with van der Waals surface area (Å²) in [5.74, 6) is -1.32. The molecule has 7 nitrogen and oxygen atoms in total. The van der Waals surface area contributed by atoms with Crippen molar-refractivity contribution in [3.05, 3.63) is 52.5 Å². The Morgan fingerprint density at radius 3 is 2.67 bits per heavy atom. The largest absolute Gasteiger partial charge is 0.480 e. The smallest absolute Gasteiger partial charge is 0.344 e. The van der Waals surface area contributed by atoms with Crippen molar-refractivity contribution in [1.82, 2.24) is 0 Å². The number of carbonyl (C=O) groups excluding carboxylic acids is 3. The Morgan fingerprint density at radius 1 is 1.11 bits per heavy atom. The van der Waals surface area contributed by atoms with Crippen LogP contribution in [-0.4, -0.2) is 37.5 Å². The van der Waals surface area contributed by atoms with Crippen LogP contribution in [0.25, 0.3) is 0 Å². The molecule has 0 radical (unpaired) electrons. The Hall–Kier alpha value is -2.77. The monoisotopic (exact) mass is 408 g/mol. The minimum absolute atomic E-state index is 0.149. The molecule has 1 N–H and O–H groups in total. The van der Waals surface area contributed by atoms with Gasteiger partial charge in [0.2, 0.25) is 5.91 Å². The third-order valence-corrected chi connectivity index (χ3v) is 4.20. The van der Waals surface area contributed by atoms with Gasteiger partial charge in [0.25, 0.3) is 5.91 Å². The van der Waals surface area contributed by atoms with Crippen LogP contribution < -0.4 is 15.0 Å². The van der Waals surface area contributed by atoms with Crippen LogP contribution in [0.3, 0.4) is 0 Å². The van der Waals surface area contributed by atoms with E-state index >= 15 is 0 Å². The summed E-state index contributed by atoms with van der Waals surface area (Å²) >= 11 is 11.7. The van der Waals surface area contributed by atoms with E-state index in [1.54, 1.807) is 30.3 Å². The number of nitrogens with zero attached hydrogens (tertiary/aromatic N) is 1. The lowest BCUT2D eigenvalue weighted by Crippen LogP contribution is -2.44. The number of hydrogen-bond donors (Lipinski definition) is 1. The standard InChI is InChI=1S/C18H14Cl2N2O5/c19-11-5-6-15(12(20)7-11)26-10-18(25)27-9-17(24)22-8-16(23)21-13-3-1-2-4-14(13)22/h1-7H,8-10H2,(H,21,23). The number of rotatable bonds is 5. The maximum Gasteiger partial charge on any atom is 0.344 e. The van der Waals surface area contributed by atoms with Gasteiger partial charge < -0.3 is 14.8 Å². The molecule has 1 heterocycles. The van der Waals surface area contributed by atoms with Gasteiger partial charge in [-0.25, -0.2) is 4.79 Å². The molecule has 3 rings (SSSR count). The lowest BCUT2D eigenvalue weighted by atomic mass is 10.2. The SMILES string of the molecule is O=C1CN(C(=O)COC(=O)COc2ccc(Cl)cc2Cl)c2ccccc2N1. The van der Waals surface area contributed by atoms with Crippen LogP contribution in [0, 0.1) is 0 Å². The number of esters is 1. The van der Waals surface area contributed by atoms with E-state index in [-0.39, 0.29) is 23.2 Å². The molecule has 0 saturated heterocycles. The van der Waals surface area contributed by atoms with Crippen LogP contribution in [0.4, 0.5) is 11.4 Å². The highest BCUT2D eigenvalue weighted by Gasteiger charge is 2.27. The summed E-state index contributed by atoms with van der Waals surface area (Å²) in [6.45, 7) is -1.09. The zero-order valence-corrected chi connectivity index (χ0v) is 15.4. The number of nitrogens with one attached hydrogen (secondary N) is 1. The van der Waals surface area contributed by atoms with Gasteiger partial charge in [0.15, 0.2) is 13.2 Å². The molecule has 0 aromatic heterocycles. The zero-order valence-electron chi connectivity index (χ0n) is 13.9. The van der Waals surface area contributed by atoms with E-state index in [9.17, 15) is 14.4 Å². The Kier molecular flexibility index (Phi) is 5.83. The van der Waals surface area contributed by atoms with Crippen molar-refractivity contribution in [3.63, 3.8) is 0 Å². The fourth-order valence-corrected chi connectivity index (χ4v) is 2.91. The predicted molar refractivity (Wildman–Crippen MR) is 100 cm³/mol. The maximum atomic E-state index is 12.4. The number of anilines is 2. The Morgan fingerprint density at radius 2 is 1.89 bits per heavy atom. The minimum atomic E-state index is -0.746. The first-order valence-corrected chi connectivity index (χ1v) is 8.62. The van der Waals surface area contributed by atoms with Crippen molar-refractivity contribution in [3.8, 4) is 5.75 Å². The van der Waals surface area contributed by atoms with Gasteiger partial charge >= 0.3 is 5.97 Å². The number of hydrogen-bond acceptors (Lipinski definition) is 5. The average molecular weight is 409 g/mol. The van der Waals surface area contributed by atoms with Crippen LogP contribution in [0.5, 0.6) is 5.75 Å². The summed E-state index contributed by atoms with van der Waals surface area (Å²) in [6.07, 6.45) is 0. The molecular weight excluding hydrogens is 395 g/mol. The van der Waals surface area contributed by atoms with Gasteiger partial charge in [-0.2, -0.15) is 0 Å². The molecule has 1 aliphatic heterocycles. The highest BCUT2D eigenvalue weighted by molar-refractivity contribution is 6.35. The van der Waals surface area contributed by atoms with Gasteiger partial charge in [-0.3, -0.25) is 14.5 Å². The molecule has 0 unspecified atom stereocenters. The normalized spacial score (nSPS) is 12.8. The molecule has 0 atom stereocenters. The molecular formula is C18H14Cl2N2O5. The highest BCUT2D eigenvalue weighted by Crippen LogP contribution is 2.29. The first-order valence-electron chi connectivity index (χ1n) is 7.87. The zero-order chi connectivity index (χ0) is 19.4. The molecule has 9 heteroatoms. The maximum absolute atomic E-state index is 12.4. The van der Waals surface area contributed by atoms with Crippen LogP contribution in [0.1, 0.15) is 0 Å². The van der Waals surface area contributed by atoms with Crippen molar-refractivity contribution in [2.75, 3.05) is 30.0 Å². The van der Waals surface area contributed by atoms with E-state index in [0.29, 0.717) is 16.4 Å². The van der Waals surface area contributed by atoms with Crippen molar-refractivity contribution in [1.29, 1.82) is 0 Å². The van der Waals surface area contributed by atoms with Gasteiger partial charge in [-0.15, -0.1) is 0 Å². The molecule has 0 spiro atoms. The number of amides is 2. The minimum Gasteiger partial charge on any atom is -0.480 e. The molecule has 0 aliphatic carbocycles. The number of carbonyl (C=O) groups is 3.